The molecule has 0 saturated carbocycles. The molecule has 0 aromatic heterocycles. The van der Waals surface area contributed by atoms with Crippen molar-refractivity contribution in [2.75, 3.05) is 11.5 Å². The fourth-order valence-corrected chi connectivity index (χ4v) is 4.82. The lowest BCUT2D eigenvalue weighted by Crippen LogP contribution is -2.33. The molecule has 2 atom stereocenters. The number of rotatable bonds is 4. The molecule has 0 aliphatic carbocycles. The first kappa shape index (κ1) is 13.1. The molecule has 1 heterocycles. The molecule has 0 unspecified atom stereocenters. The molecule has 0 spiro atoms. The highest BCUT2D eigenvalue weighted by atomic mass is 28.3. The van der Waals surface area contributed by atoms with Crippen molar-refractivity contribution in [3.8, 4) is 0 Å². The van der Waals surface area contributed by atoms with Gasteiger partial charge in [-0.15, -0.1) is 0 Å². The van der Waals surface area contributed by atoms with Crippen LogP contribution in [0.15, 0.2) is 30.3 Å². The van der Waals surface area contributed by atoms with E-state index in [0.29, 0.717) is 12.3 Å². The Hall–Kier alpha value is -1.29. The van der Waals surface area contributed by atoms with Crippen molar-refractivity contribution in [2.45, 2.75) is 38.3 Å². The van der Waals surface area contributed by atoms with Gasteiger partial charge >= 0.3 is 5.97 Å². The molecule has 0 radical (unpaired) electrons. The normalized spacial score (nSPS) is 22.8. The van der Waals surface area contributed by atoms with Gasteiger partial charge in [0.15, 0.2) is 0 Å². The van der Waals surface area contributed by atoms with Crippen LogP contribution >= 0.6 is 0 Å². The third-order valence-electron chi connectivity index (χ3n) is 3.28. The van der Waals surface area contributed by atoms with E-state index in [-0.39, 0.29) is 12.0 Å². The molecular weight excluding hydrogens is 242 g/mol. The third-order valence-corrected chi connectivity index (χ3v) is 5.65. The standard InChI is InChI=1S/C14H21NO2Si/c1-5-17-14(16)12-13(18(2,3)4)15(12)11-9-7-6-8-10-11/h6-10,12-13H,5H2,1-4H3/t12-,13+,15?/m1/s1. The maximum atomic E-state index is 12.0. The van der Waals surface area contributed by atoms with E-state index in [1.165, 1.54) is 0 Å². The van der Waals surface area contributed by atoms with Crippen LogP contribution in [0.4, 0.5) is 5.69 Å². The smallest absolute Gasteiger partial charge is 0.330 e. The van der Waals surface area contributed by atoms with Crippen molar-refractivity contribution in [3.63, 3.8) is 0 Å². The van der Waals surface area contributed by atoms with Gasteiger partial charge in [-0.3, -0.25) is 0 Å². The molecular formula is C14H21NO2Si. The molecule has 0 N–H and O–H groups in total. The van der Waals surface area contributed by atoms with Crippen molar-refractivity contribution in [1.82, 2.24) is 0 Å². The number of ether oxygens (including phenoxy) is 1. The molecule has 0 amide bonds. The van der Waals surface area contributed by atoms with Gasteiger partial charge in [0.2, 0.25) is 0 Å². The SMILES string of the molecule is CCOC(=O)[C@H]1[C@H]([Si](C)(C)C)N1c1ccccc1. The lowest BCUT2D eigenvalue weighted by Gasteiger charge is -2.15. The Bertz CT molecular complexity index is 427. The van der Waals surface area contributed by atoms with E-state index < -0.39 is 8.07 Å². The largest absolute Gasteiger partial charge is 0.464 e. The van der Waals surface area contributed by atoms with Crippen LogP contribution in [0, 0.1) is 0 Å². The summed E-state index contributed by atoms with van der Waals surface area (Å²) >= 11 is 0. The van der Waals surface area contributed by atoms with Gasteiger partial charge in [-0.1, -0.05) is 37.8 Å². The monoisotopic (exact) mass is 263 g/mol. The fraction of sp³-hybridized carbons (Fsp3) is 0.500. The van der Waals surface area contributed by atoms with Gasteiger partial charge in [0.05, 0.1) is 20.3 Å². The Morgan fingerprint density at radius 2 is 1.89 bits per heavy atom. The molecule has 1 aromatic carbocycles. The molecule has 1 aliphatic heterocycles. The molecule has 1 aliphatic rings. The highest BCUT2D eigenvalue weighted by Crippen LogP contribution is 2.41. The van der Waals surface area contributed by atoms with Crippen molar-refractivity contribution in [2.24, 2.45) is 0 Å². The number of para-hydroxylation sites is 1. The average Bonchev–Trinajstić information content (AvgIpc) is 3.05. The lowest BCUT2D eigenvalue weighted by molar-refractivity contribution is -0.142. The third kappa shape index (κ3) is 2.43. The highest BCUT2D eigenvalue weighted by Gasteiger charge is 2.59. The zero-order chi connectivity index (χ0) is 13.3. The molecule has 3 nitrogen and oxygen atoms in total. The number of hydrogen-bond acceptors (Lipinski definition) is 3. The van der Waals surface area contributed by atoms with Gasteiger partial charge in [0, 0.05) is 5.69 Å². The summed E-state index contributed by atoms with van der Waals surface area (Å²) in [7, 11) is -1.40. The maximum absolute atomic E-state index is 12.0. The minimum Gasteiger partial charge on any atom is -0.464 e. The Labute approximate surface area is 110 Å². The zero-order valence-electron chi connectivity index (χ0n) is 11.5. The Morgan fingerprint density at radius 1 is 1.28 bits per heavy atom. The Kier molecular flexibility index (Phi) is 3.48. The molecule has 4 heteroatoms. The molecule has 1 saturated heterocycles. The number of benzene rings is 1. The van der Waals surface area contributed by atoms with E-state index in [9.17, 15) is 4.79 Å². The lowest BCUT2D eigenvalue weighted by atomic mass is 10.3. The molecule has 18 heavy (non-hydrogen) atoms. The van der Waals surface area contributed by atoms with Crippen LogP contribution in [0.25, 0.3) is 0 Å². The summed E-state index contributed by atoms with van der Waals surface area (Å²) in [4.78, 5) is 14.2. The molecule has 0 bridgehead atoms. The summed E-state index contributed by atoms with van der Waals surface area (Å²) in [6, 6.07) is 10.1. The van der Waals surface area contributed by atoms with Gasteiger partial charge in [-0.05, 0) is 19.1 Å². The predicted octanol–water partition coefficient (Wildman–Crippen LogP) is 2.68. The number of anilines is 1. The van der Waals surface area contributed by atoms with Crippen molar-refractivity contribution in [1.29, 1.82) is 0 Å². The van der Waals surface area contributed by atoms with Crippen LogP contribution in [0.3, 0.4) is 0 Å². The van der Waals surface area contributed by atoms with Crippen LogP contribution < -0.4 is 4.90 Å². The number of carbonyl (C=O) groups is 1. The maximum Gasteiger partial charge on any atom is 0.330 e. The summed E-state index contributed by atoms with van der Waals surface area (Å²) in [5, 5.41) is 0. The van der Waals surface area contributed by atoms with Gasteiger partial charge in [0.25, 0.3) is 0 Å². The first-order chi connectivity index (χ1) is 8.46. The summed E-state index contributed by atoms with van der Waals surface area (Å²) in [5.41, 5.74) is 1.49. The van der Waals surface area contributed by atoms with Crippen molar-refractivity contribution < 1.29 is 9.53 Å². The van der Waals surface area contributed by atoms with E-state index in [4.69, 9.17) is 4.74 Å². The Morgan fingerprint density at radius 3 is 2.39 bits per heavy atom. The van der Waals surface area contributed by atoms with Crippen molar-refractivity contribution in [3.05, 3.63) is 30.3 Å². The molecule has 2 rings (SSSR count). The number of carbonyl (C=O) groups excluding carboxylic acids is 1. The first-order valence-corrected chi connectivity index (χ1v) is 10.0. The number of esters is 1. The topological polar surface area (TPSA) is 29.3 Å². The summed E-state index contributed by atoms with van der Waals surface area (Å²) < 4.78 is 5.18. The van der Waals surface area contributed by atoms with E-state index in [1.807, 2.05) is 25.1 Å². The van der Waals surface area contributed by atoms with Crippen LogP contribution in [0.2, 0.25) is 19.6 Å². The quantitative estimate of drug-likeness (QED) is 0.475. The van der Waals surface area contributed by atoms with E-state index >= 15 is 0 Å². The fourth-order valence-electron chi connectivity index (χ4n) is 2.51. The van der Waals surface area contributed by atoms with Crippen molar-refractivity contribution >= 4 is 19.7 Å². The average molecular weight is 263 g/mol. The molecule has 1 fully saturated rings. The minimum absolute atomic E-state index is 0.0704. The van der Waals surface area contributed by atoms with E-state index in [2.05, 4.69) is 36.7 Å². The van der Waals surface area contributed by atoms with Crippen LogP contribution in [0.5, 0.6) is 0 Å². The van der Waals surface area contributed by atoms with Gasteiger partial charge in [-0.2, -0.15) is 0 Å². The van der Waals surface area contributed by atoms with Crippen LogP contribution in [-0.2, 0) is 9.53 Å². The second-order valence-corrected chi connectivity index (χ2v) is 11.1. The second kappa shape index (κ2) is 4.76. The van der Waals surface area contributed by atoms with Crippen LogP contribution in [0.1, 0.15) is 6.92 Å². The summed E-state index contributed by atoms with van der Waals surface area (Å²) in [6.07, 6.45) is 0. The summed E-state index contributed by atoms with van der Waals surface area (Å²) in [6.45, 7) is 9.21. The highest BCUT2D eigenvalue weighted by molar-refractivity contribution is 6.80. The van der Waals surface area contributed by atoms with E-state index in [1.54, 1.807) is 0 Å². The predicted molar refractivity (Wildman–Crippen MR) is 76.5 cm³/mol. The van der Waals surface area contributed by atoms with Gasteiger partial charge in [-0.25, -0.2) is 4.79 Å². The molecule has 1 aromatic rings. The number of hydrogen-bond donors (Lipinski definition) is 0. The van der Waals surface area contributed by atoms with Gasteiger partial charge in [0.1, 0.15) is 6.04 Å². The summed E-state index contributed by atoms with van der Waals surface area (Å²) in [5.74, 6) is -0.0752. The minimum atomic E-state index is -1.40. The van der Waals surface area contributed by atoms with Gasteiger partial charge < -0.3 is 9.64 Å². The first-order valence-electron chi connectivity index (χ1n) is 6.47. The zero-order valence-corrected chi connectivity index (χ0v) is 12.5. The number of nitrogens with zero attached hydrogens (tertiary/aromatic N) is 1. The van der Waals surface area contributed by atoms with Crippen LogP contribution in [-0.4, -0.2) is 32.4 Å². The van der Waals surface area contributed by atoms with E-state index in [0.717, 1.165) is 5.69 Å². The molecule has 98 valence electrons. The Balaban J connectivity index is 2.21. The second-order valence-electron chi connectivity index (χ2n) is 5.75.